The maximum Gasteiger partial charge on any atom is 0.0924 e. The van der Waals surface area contributed by atoms with E-state index in [0.717, 1.165) is 23.5 Å². The van der Waals surface area contributed by atoms with E-state index in [1.807, 2.05) is 0 Å². The summed E-state index contributed by atoms with van der Waals surface area (Å²) in [5.41, 5.74) is 4.82. The van der Waals surface area contributed by atoms with Crippen LogP contribution in [0.5, 0.6) is 0 Å². The molecule has 1 aromatic heterocycles. The molecule has 0 aliphatic rings. The number of hydrogen-bond donors (Lipinski definition) is 2. The van der Waals surface area contributed by atoms with Gasteiger partial charge in [0.2, 0.25) is 0 Å². The number of H-pyrrole nitrogens is 1. The van der Waals surface area contributed by atoms with Crippen molar-refractivity contribution in [2.75, 3.05) is 0 Å². The molecule has 0 amide bonds. The molecule has 3 heteroatoms. The fourth-order valence-electron chi connectivity index (χ4n) is 2.06. The molecule has 0 fully saturated rings. The summed E-state index contributed by atoms with van der Waals surface area (Å²) in [5, 5.41) is 10.9. The van der Waals surface area contributed by atoms with E-state index in [9.17, 15) is 0 Å². The molecule has 3 nitrogen and oxygen atoms in total. The smallest absolute Gasteiger partial charge is 0.0924 e. The normalized spacial score (nSPS) is 12.1. The van der Waals surface area contributed by atoms with Crippen LogP contribution in [0.3, 0.4) is 0 Å². The van der Waals surface area contributed by atoms with Gasteiger partial charge in [0, 0.05) is 23.8 Å². The van der Waals surface area contributed by atoms with Crippen LogP contribution in [0.4, 0.5) is 0 Å². The molecule has 2 aromatic rings. The highest BCUT2D eigenvalue weighted by Crippen LogP contribution is 2.25. The van der Waals surface area contributed by atoms with Gasteiger partial charge < -0.3 is 5.32 Å². The summed E-state index contributed by atoms with van der Waals surface area (Å²) in [6.45, 7) is 11.8. The maximum absolute atomic E-state index is 4.39. The minimum atomic E-state index is 0.191. The minimum absolute atomic E-state index is 0.191. The Morgan fingerprint density at radius 3 is 2.35 bits per heavy atom. The van der Waals surface area contributed by atoms with Gasteiger partial charge in [-0.15, -0.1) is 0 Å². The van der Waals surface area contributed by atoms with E-state index in [0.29, 0.717) is 6.04 Å². The van der Waals surface area contributed by atoms with Crippen molar-refractivity contribution in [2.24, 2.45) is 0 Å². The molecule has 0 aliphatic heterocycles. The number of aromatic amines is 1. The van der Waals surface area contributed by atoms with Crippen LogP contribution >= 0.6 is 0 Å². The van der Waals surface area contributed by atoms with Crippen LogP contribution in [0.25, 0.3) is 11.3 Å². The number of hydrogen-bond acceptors (Lipinski definition) is 2. The highest BCUT2D eigenvalue weighted by Gasteiger charge is 2.13. The summed E-state index contributed by atoms with van der Waals surface area (Å²) in [4.78, 5) is 0. The number of rotatable bonds is 4. The van der Waals surface area contributed by atoms with Gasteiger partial charge in [-0.25, -0.2) is 0 Å². The molecule has 0 aliphatic carbocycles. The van der Waals surface area contributed by atoms with Crippen LogP contribution in [-0.4, -0.2) is 16.2 Å². The molecular formula is C17H25N3. The van der Waals surface area contributed by atoms with Gasteiger partial charge in [-0.1, -0.05) is 58.9 Å². The third-order valence-corrected chi connectivity index (χ3v) is 3.38. The standard InChI is InChI=1S/C17H25N3/c1-12(2)18-11-15-10-16(20-19-15)13-6-8-14(9-7-13)17(3,4)5/h6-10,12,18H,11H2,1-5H3,(H,19,20). The van der Waals surface area contributed by atoms with E-state index in [1.54, 1.807) is 0 Å². The Hall–Kier alpha value is -1.61. The lowest BCUT2D eigenvalue weighted by molar-refractivity contribution is 0.580. The molecule has 2 N–H and O–H groups in total. The Morgan fingerprint density at radius 2 is 1.80 bits per heavy atom. The number of aromatic nitrogens is 2. The molecule has 0 bridgehead atoms. The highest BCUT2D eigenvalue weighted by molar-refractivity contribution is 5.59. The zero-order valence-corrected chi connectivity index (χ0v) is 13.1. The fourth-order valence-corrected chi connectivity index (χ4v) is 2.06. The Kier molecular flexibility index (Phi) is 4.29. The lowest BCUT2D eigenvalue weighted by Crippen LogP contribution is -2.21. The number of nitrogens with zero attached hydrogens (tertiary/aromatic N) is 1. The lowest BCUT2D eigenvalue weighted by Gasteiger charge is -2.18. The van der Waals surface area contributed by atoms with Crippen molar-refractivity contribution in [1.29, 1.82) is 0 Å². The van der Waals surface area contributed by atoms with E-state index in [1.165, 1.54) is 5.56 Å². The second-order valence-corrected chi connectivity index (χ2v) is 6.64. The summed E-state index contributed by atoms with van der Waals surface area (Å²) in [5.74, 6) is 0. The van der Waals surface area contributed by atoms with E-state index in [2.05, 4.69) is 80.5 Å². The van der Waals surface area contributed by atoms with Crippen molar-refractivity contribution in [2.45, 2.75) is 52.6 Å². The van der Waals surface area contributed by atoms with Crippen LogP contribution in [0.2, 0.25) is 0 Å². The van der Waals surface area contributed by atoms with Gasteiger partial charge in [-0.05, 0) is 17.0 Å². The third kappa shape index (κ3) is 3.70. The van der Waals surface area contributed by atoms with Crippen LogP contribution in [0.1, 0.15) is 45.9 Å². The van der Waals surface area contributed by atoms with E-state index < -0.39 is 0 Å². The van der Waals surface area contributed by atoms with E-state index >= 15 is 0 Å². The van der Waals surface area contributed by atoms with Crippen LogP contribution < -0.4 is 5.32 Å². The maximum atomic E-state index is 4.39. The molecule has 0 spiro atoms. The zero-order valence-electron chi connectivity index (χ0n) is 13.1. The SMILES string of the molecule is CC(C)NCc1cc(-c2ccc(C(C)(C)C)cc2)n[nH]1. The van der Waals surface area contributed by atoms with Gasteiger partial charge in [0.15, 0.2) is 0 Å². The first-order chi connectivity index (χ1) is 9.36. The average Bonchev–Trinajstić information content (AvgIpc) is 2.84. The Balaban J connectivity index is 2.12. The molecule has 0 saturated heterocycles. The largest absolute Gasteiger partial charge is 0.309 e. The molecule has 20 heavy (non-hydrogen) atoms. The first-order valence-corrected chi connectivity index (χ1v) is 7.25. The summed E-state index contributed by atoms with van der Waals surface area (Å²) in [7, 11) is 0. The van der Waals surface area contributed by atoms with Gasteiger partial charge in [-0.2, -0.15) is 5.10 Å². The van der Waals surface area contributed by atoms with E-state index in [-0.39, 0.29) is 5.41 Å². The average molecular weight is 271 g/mol. The third-order valence-electron chi connectivity index (χ3n) is 3.38. The molecule has 1 heterocycles. The van der Waals surface area contributed by atoms with Crippen molar-refractivity contribution < 1.29 is 0 Å². The molecular weight excluding hydrogens is 246 g/mol. The van der Waals surface area contributed by atoms with Crippen molar-refractivity contribution in [3.8, 4) is 11.3 Å². The van der Waals surface area contributed by atoms with Crippen molar-refractivity contribution in [3.05, 3.63) is 41.6 Å². The van der Waals surface area contributed by atoms with Gasteiger partial charge in [0.05, 0.1) is 5.69 Å². The highest BCUT2D eigenvalue weighted by atomic mass is 15.1. The molecule has 0 unspecified atom stereocenters. The molecule has 108 valence electrons. The minimum Gasteiger partial charge on any atom is -0.309 e. The molecule has 0 radical (unpaired) electrons. The summed E-state index contributed by atoms with van der Waals surface area (Å²) in [6.07, 6.45) is 0. The van der Waals surface area contributed by atoms with Crippen molar-refractivity contribution in [1.82, 2.24) is 15.5 Å². The topological polar surface area (TPSA) is 40.7 Å². The monoisotopic (exact) mass is 271 g/mol. The second-order valence-electron chi connectivity index (χ2n) is 6.64. The first-order valence-electron chi connectivity index (χ1n) is 7.25. The van der Waals surface area contributed by atoms with Crippen LogP contribution in [-0.2, 0) is 12.0 Å². The molecule has 1 aromatic carbocycles. The quantitative estimate of drug-likeness (QED) is 0.886. The Labute approximate surface area is 121 Å². The predicted molar refractivity (Wildman–Crippen MR) is 84.7 cm³/mol. The predicted octanol–water partition coefficient (Wildman–Crippen LogP) is 3.87. The first kappa shape index (κ1) is 14.8. The fraction of sp³-hybridized carbons (Fsp3) is 0.471. The summed E-state index contributed by atoms with van der Waals surface area (Å²) < 4.78 is 0. The van der Waals surface area contributed by atoms with E-state index in [4.69, 9.17) is 0 Å². The van der Waals surface area contributed by atoms with Gasteiger partial charge in [0.1, 0.15) is 0 Å². The van der Waals surface area contributed by atoms with Crippen LogP contribution in [0, 0.1) is 0 Å². The van der Waals surface area contributed by atoms with Gasteiger partial charge >= 0.3 is 0 Å². The number of nitrogens with one attached hydrogen (secondary N) is 2. The summed E-state index contributed by atoms with van der Waals surface area (Å²) in [6, 6.07) is 11.3. The van der Waals surface area contributed by atoms with Gasteiger partial charge in [0.25, 0.3) is 0 Å². The zero-order chi connectivity index (χ0) is 14.8. The lowest BCUT2D eigenvalue weighted by atomic mass is 9.86. The molecule has 0 atom stereocenters. The Morgan fingerprint density at radius 1 is 1.15 bits per heavy atom. The van der Waals surface area contributed by atoms with Crippen LogP contribution in [0.15, 0.2) is 30.3 Å². The van der Waals surface area contributed by atoms with Gasteiger partial charge in [-0.3, -0.25) is 5.10 Å². The second kappa shape index (κ2) is 5.80. The number of benzene rings is 1. The van der Waals surface area contributed by atoms with Crippen molar-refractivity contribution in [3.63, 3.8) is 0 Å². The molecule has 0 saturated carbocycles. The van der Waals surface area contributed by atoms with Crippen molar-refractivity contribution >= 4 is 0 Å². The summed E-state index contributed by atoms with van der Waals surface area (Å²) >= 11 is 0. The Bertz CT molecular complexity index is 544. The molecule has 2 rings (SSSR count).